The summed E-state index contributed by atoms with van der Waals surface area (Å²) in [5, 5.41) is 0. The summed E-state index contributed by atoms with van der Waals surface area (Å²) in [6, 6.07) is 0.470. The second-order valence-electron chi connectivity index (χ2n) is 3.14. The van der Waals surface area contributed by atoms with Crippen LogP contribution in [0.4, 0.5) is 0 Å². The molecule has 1 aliphatic rings. The minimum absolute atomic E-state index is 0.470. The highest BCUT2D eigenvalue weighted by Gasteiger charge is 2.09. The third kappa shape index (κ3) is 2.14. The lowest BCUT2D eigenvalue weighted by Gasteiger charge is -2.03. The van der Waals surface area contributed by atoms with E-state index in [9.17, 15) is 0 Å². The second-order valence-corrected chi connectivity index (χ2v) is 3.14. The largest absolute Gasteiger partial charge is 0.328 e. The normalized spacial score (nSPS) is 32.2. The third-order valence-electron chi connectivity index (χ3n) is 2.32. The van der Waals surface area contributed by atoms with Crippen LogP contribution in [0.1, 0.15) is 39.0 Å². The number of hydrogen-bond donors (Lipinski definition) is 1. The van der Waals surface area contributed by atoms with Gasteiger partial charge in [0, 0.05) is 6.04 Å². The van der Waals surface area contributed by atoms with E-state index >= 15 is 0 Å². The molecule has 0 aliphatic heterocycles. The molecule has 0 radical (unpaired) electrons. The molecule has 0 spiro atoms. The maximum absolute atomic E-state index is 5.82. The van der Waals surface area contributed by atoms with Crippen LogP contribution in [0.25, 0.3) is 0 Å². The van der Waals surface area contributed by atoms with Gasteiger partial charge in [0.05, 0.1) is 0 Å². The van der Waals surface area contributed by atoms with Crippen molar-refractivity contribution in [3.8, 4) is 0 Å². The fourth-order valence-electron chi connectivity index (χ4n) is 1.52. The predicted molar refractivity (Wildman–Crippen MR) is 44.8 cm³/mol. The molecule has 0 heterocycles. The highest BCUT2D eigenvalue weighted by Crippen LogP contribution is 2.20. The maximum atomic E-state index is 5.82. The minimum atomic E-state index is 0.470. The molecular weight excluding hydrogens is 122 g/mol. The summed E-state index contributed by atoms with van der Waals surface area (Å²) in [5.74, 6) is 0. The highest BCUT2D eigenvalue weighted by atomic mass is 14.6. The van der Waals surface area contributed by atoms with E-state index in [0.717, 1.165) is 0 Å². The number of allylic oxidation sites excluding steroid dienone is 2. The van der Waals surface area contributed by atoms with Gasteiger partial charge >= 0.3 is 0 Å². The van der Waals surface area contributed by atoms with Gasteiger partial charge in [0.2, 0.25) is 0 Å². The smallest absolute Gasteiger partial charge is 0.00419 e. The zero-order chi connectivity index (χ0) is 7.40. The van der Waals surface area contributed by atoms with Crippen LogP contribution in [0.5, 0.6) is 0 Å². The summed E-state index contributed by atoms with van der Waals surface area (Å²) in [6.07, 6.45) is 8.47. The van der Waals surface area contributed by atoms with Crippen LogP contribution in [0.15, 0.2) is 11.6 Å². The van der Waals surface area contributed by atoms with E-state index in [0.29, 0.717) is 6.04 Å². The summed E-state index contributed by atoms with van der Waals surface area (Å²) < 4.78 is 0. The van der Waals surface area contributed by atoms with Gasteiger partial charge in [-0.15, -0.1) is 0 Å². The fraction of sp³-hybridized carbons (Fsp3) is 0.778. The molecule has 1 nitrogen and oxygen atoms in total. The molecule has 0 aromatic rings. The summed E-state index contributed by atoms with van der Waals surface area (Å²) in [6.45, 7) is 2.13. The molecule has 0 aromatic heterocycles. The third-order valence-corrected chi connectivity index (χ3v) is 2.32. The molecular formula is C9H17N. The first-order valence-electron chi connectivity index (χ1n) is 4.22. The van der Waals surface area contributed by atoms with Crippen molar-refractivity contribution in [3.63, 3.8) is 0 Å². The van der Waals surface area contributed by atoms with Gasteiger partial charge in [0.15, 0.2) is 0 Å². The van der Waals surface area contributed by atoms with Crippen molar-refractivity contribution in [1.82, 2.24) is 0 Å². The Kier molecular flexibility index (Phi) is 2.94. The maximum Gasteiger partial charge on any atom is 0.00419 e. The molecule has 2 N–H and O–H groups in total. The molecule has 1 aliphatic carbocycles. The molecule has 0 unspecified atom stereocenters. The van der Waals surface area contributed by atoms with Gasteiger partial charge < -0.3 is 5.73 Å². The average molecular weight is 139 g/mol. The topological polar surface area (TPSA) is 26.0 Å². The van der Waals surface area contributed by atoms with E-state index in [2.05, 4.69) is 13.0 Å². The lowest BCUT2D eigenvalue weighted by Crippen LogP contribution is -2.17. The first-order chi connectivity index (χ1) is 4.83. The molecule has 0 saturated heterocycles. The van der Waals surface area contributed by atoms with Crippen LogP contribution in [-0.4, -0.2) is 6.04 Å². The Morgan fingerprint density at radius 1 is 1.40 bits per heavy atom. The summed E-state index contributed by atoms with van der Waals surface area (Å²) >= 11 is 0. The van der Waals surface area contributed by atoms with Crippen molar-refractivity contribution in [3.05, 3.63) is 11.6 Å². The van der Waals surface area contributed by atoms with Crippen LogP contribution in [-0.2, 0) is 0 Å². The standard InChI is InChI=1S/C9H17N/c1-2-8-4-3-5-9(10)7-6-8/h2,9H,3-7,10H2,1H3/b8-2+/t9-/m1/s1. The Bertz CT molecular complexity index is 127. The molecule has 1 atom stereocenters. The first-order valence-corrected chi connectivity index (χ1v) is 4.22. The Morgan fingerprint density at radius 3 is 2.90 bits per heavy atom. The molecule has 10 heavy (non-hydrogen) atoms. The Labute approximate surface area is 63.3 Å². The fourth-order valence-corrected chi connectivity index (χ4v) is 1.52. The van der Waals surface area contributed by atoms with Crippen molar-refractivity contribution >= 4 is 0 Å². The Hall–Kier alpha value is -0.300. The van der Waals surface area contributed by atoms with Gasteiger partial charge in [-0.05, 0) is 39.0 Å². The van der Waals surface area contributed by atoms with E-state index in [1.165, 1.54) is 32.1 Å². The molecule has 0 aromatic carbocycles. The van der Waals surface area contributed by atoms with Crippen molar-refractivity contribution in [1.29, 1.82) is 0 Å². The average Bonchev–Trinajstić information content (AvgIpc) is 2.14. The monoisotopic (exact) mass is 139 g/mol. The van der Waals surface area contributed by atoms with Gasteiger partial charge in [-0.1, -0.05) is 11.6 Å². The number of hydrogen-bond acceptors (Lipinski definition) is 1. The van der Waals surface area contributed by atoms with E-state index in [4.69, 9.17) is 5.73 Å². The quantitative estimate of drug-likeness (QED) is 0.404. The molecule has 1 saturated carbocycles. The van der Waals surface area contributed by atoms with Gasteiger partial charge in [0.1, 0.15) is 0 Å². The summed E-state index contributed by atoms with van der Waals surface area (Å²) in [5.41, 5.74) is 7.43. The molecule has 1 rings (SSSR count). The van der Waals surface area contributed by atoms with Crippen LogP contribution in [0, 0.1) is 0 Å². The van der Waals surface area contributed by atoms with E-state index < -0.39 is 0 Å². The Morgan fingerprint density at radius 2 is 2.20 bits per heavy atom. The lowest BCUT2D eigenvalue weighted by atomic mass is 10.1. The van der Waals surface area contributed by atoms with E-state index in [-0.39, 0.29) is 0 Å². The van der Waals surface area contributed by atoms with Gasteiger partial charge in [-0.3, -0.25) is 0 Å². The molecule has 0 bridgehead atoms. The number of rotatable bonds is 0. The predicted octanol–water partition coefficient (Wildman–Crippen LogP) is 2.22. The summed E-state index contributed by atoms with van der Waals surface area (Å²) in [7, 11) is 0. The molecule has 58 valence electrons. The van der Waals surface area contributed by atoms with Gasteiger partial charge in [0.25, 0.3) is 0 Å². The van der Waals surface area contributed by atoms with Crippen LogP contribution in [0.2, 0.25) is 0 Å². The van der Waals surface area contributed by atoms with Crippen LogP contribution < -0.4 is 5.73 Å². The minimum Gasteiger partial charge on any atom is -0.328 e. The first kappa shape index (κ1) is 7.80. The summed E-state index contributed by atoms with van der Waals surface area (Å²) in [4.78, 5) is 0. The SMILES string of the molecule is C/C=C1\CCC[C@@H](N)CC1. The Balaban J connectivity index is 2.41. The van der Waals surface area contributed by atoms with Crippen molar-refractivity contribution in [2.75, 3.05) is 0 Å². The zero-order valence-electron chi connectivity index (χ0n) is 6.77. The van der Waals surface area contributed by atoms with Crippen molar-refractivity contribution in [2.24, 2.45) is 5.73 Å². The zero-order valence-corrected chi connectivity index (χ0v) is 6.77. The number of nitrogens with two attached hydrogens (primary N) is 1. The lowest BCUT2D eigenvalue weighted by molar-refractivity contribution is 0.586. The molecule has 0 amide bonds. The van der Waals surface area contributed by atoms with Crippen molar-refractivity contribution < 1.29 is 0 Å². The van der Waals surface area contributed by atoms with E-state index in [1.807, 2.05) is 0 Å². The second kappa shape index (κ2) is 3.77. The highest BCUT2D eigenvalue weighted by molar-refractivity contribution is 5.02. The van der Waals surface area contributed by atoms with Crippen LogP contribution >= 0.6 is 0 Å². The van der Waals surface area contributed by atoms with Gasteiger partial charge in [-0.2, -0.15) is 0 Å². The van der Waals surface area contributed by atoms with Crippen LogP contribution in [0.3, 0.4) is 0 Å². The van der Waals surface area contributed by atoms with Gasteiger partial charge in [-0.25, -0.2) is 0 Å². The molecule has 1 fully saturated rings. The molecule has 1 heteroatoms. The van der Waals surface area contributed by atoms with Crippen molar-refractivity contribution in [2.45, 2.75) is 45.1 Å². The van der Waals surface area contributed by atoms with E-state index in [1.54, 1.807) is 5.57 Å².